The molecule has 0 spiro atoms. The summed E-state index contributed by atoms with van der Waals surface area (Å²) in [5.74, 6) is 0.748. The molecule has 1 aliphatic heterocycles. The van der Waals surface area contributed by atoms with Crippen LogP contribution in [0.1, 0.15) is 6.42 Å². The molecule has 3 heterocycles. The lowest BCUT2D eigenvalue weighted by Gasteiger charge is -2.34. The van der Waals surface area contributed by atoms with Gasteiger partial charge < -0.3 is 4.90 Å². The number of pyridine rings is 1. The first-order valence-corrected chi connectivity index (χ1v) is 10.8. The summed E-state index contributed by atoms with van der Waals surface area (Å²) >= 11 is 11.6. The third kappa shape index (κ3) is 5.49. The molecule has 0 bridgehead atoms. The van der Waals surface area contributed by atoms with Crippen LogP contribution in [0.3, 0.4) is 0 Å². The molecule has 0 aromatic carbocycles. The van der Waals surface area contributed by atoms with Gasteiger partial charge in [0, 0.05) is 45.1 Å². The van der Waals surface area contributed by atoms with Crippen molar-refractivity contribution in [2.75, 3.05) is 44.2 Å². The Balaban J connectivity index is 1.42. The molecular weight excluding hydrogens is 411 g/mol. The van der Waals surface area contributed by atoms with E-state index in [9.17, 15) is 8.42 Å². The van der Waals surface area contributed by atoms with Gasteiger partial charge in [-0.3, -0.25) is 4.90 Å². The van der Waals surface area contributed by atoms with Crippen molar-refractivity contribution in [3.8, 4) is 0 Å². The number of sulfonamides is 1. The van der Waals surface area contributed by atoms with Gasteiger partial charge in [0.15, 0.2) is 5.15 Å². The van der Waals surface area contributed by atoms with Crippen LogP contribution in [0.2, 0.25) is 10.3 Å². The topological polar surface area (TPSA) is 91.3 Å². The maximum Gasteiger partial charge on any atom is 0.243 e. The van der Waals surface area contributed by atoms with Crippen LogP contribution < -0.4 is 9.62 Å². The largest absolute Gasteiger partial charge is 0.338 e. The van der Waals surface area contributed by atoms with Crippen molar-refractivity contribution in [3.05, 3.63) is 40.9 Å². The number of rotatable bonds is 7. The molecule has 146 valence electrons. The van der Waals surface area contributed by atoms with Crippen molar-refractivity contribution in [3.63, 3.8) is 0 Å². The summed E-state index contributed by atoms with van der Waals surface area (Å²) in [6.45, 7) is 4.60. The Morgan fingerprint density at radius 2 is 1.78 bits per heavy atom. The molecule has 2 aromatic rings. The molecule has 3 rings (SSSR count). The maximum atomic E-state index is 12.3. The molecule has 8 nitrogen and oxygen atoms in total. The number of nitrogens with zero attached hydrogens (tertiary/aromatic N) is 5. The van der Waals surface area contributed by atoms with Crippen molar-refractivity contribution in [2.45, 2.75) is 11.3 Å². The Morgan fingerprint density at radius 1 is 1.07 bits per heavy atom. The van der Waals surface area contributed by atoms with E-state index in [0.29, 0.717) is 13.0 Å². The van der Waals surface area contributed by atoms with Crippen LogP contribution in [-0.4, -0.2) is 67.5 Å². The lowest BCUT2D eigenvalue weighted by atomic mass is 10.3. The highest BCUT2D eigenvalue weighted by Crippen LogP contribution is 2.21. The van der Waals surface area contributed by atoms with Crippen molar-refractivity contribution in [1.82, 2.24) is 24.6 Å². The molecular formula is C16H20Cl2N6O2S. The molecule has 27 heavy (non-hydrogen) atoms. The Labute approximate surface area is 168 Å². The average molecular weight is 431 g/mol. The smallest absolute Gasteiger partial charge is 0.243 e. The van der Waals surface area contributed by atoms with Crippen LogP contribution >= 0.6 is 23.2 Å². The zero-order valence-corrected chi connectivity index (χ0v) is 16.9. The third-order valence-corrected chi connectivity index (χ3v) is 6.32. The summed E-state index contributed by atoms with van der Waals surface area (Å²) in [4.78, 5) is 16.7. The molecule has 1 aliphatic rings. The van der Waals surface area contributed by atoms with Crippen LogP contribution in [0.15, 0.2) is 35.5 Å². The van der Waals surface area contributed by atoms with Gasteiger partial charge in [0.05, 0.1) is 0 Å². The summed E-state index contributed by atoms with van der Waals surface area (Å²) in [5, 5.41) is 0.0215. The predicted octanol–water partition coefficient (Wildman–Crippen LogP) is 1.67. The third-order valence-electron chi connectivity index (χ3n) is 4.22. The second kappa shape index (κ2) is 9.11. The summed E-state index contributed by atoms with van der Waals surface area (Å²) in [6.07, 6.45) is 4.17. The zero-order chi connectivity index (χ0) is 19.3. The van der Waals surface area contributed by atoms with Crippen molar-refractivity contribution >= 4 is 39.2 Å². The molecule has 0 amide bonds. The predicted molar refractivity (Wildman–Crippen MR) is 105 cm³/mol. The van der Waals surface area contributed by atoms with Crippen molar-refractivity contribution < 1.29 is 8.42 Å². The SMILES string of the molecule is O=S(=O)(NCCCN1CCN(c2ncccn2)CC1)c1ccc(Cl)nc1Cl. The Bertz CT molecular complexity index is 860. The Hall–Kier alpha value is -1.52. The zero-order valence-electron chi connectivity index (χ0n) is 14.6. The van der Waals surface area contributed by atoms with E-state index < -0.39 is 10.0 Å². The summed E-state index contributed by atoms with van der Waals surface area (Å²) in [6, 6.07) is 4.55. The minimum absolute atomic E-state index is 0.0648. The minimum atomic E-state index is -3.70. The monoisotopic (exact) mass is 430 g/mol. The fraction of sp³-hybridized carbons (Fsp3) is 0.438. The van der Waals surface area contributed by atoms with E-state index in [-0.39, 0.29) is 15.2 Å². The lowest BCUT2D eigenvalue weighted by Crippen LogP contribution is -2.47. The number of aromatic nitrogens is 3. The fourth-order valence-corrected chi connectivity index (χ4v) is 4.55. The molecule has 0 saturated carbocycles. The fourth-order valence-electron chi connectivity index (χ4n) is 2.81. The van der Waals surface area contributed by atoms with E-state index in [2.05, 4.69) is 29.5 Å². The molecule has 0 radical (unpaired) electrons. The summed E-state index contributed by atoms with van der Waals surface area (Å²) in [7, 11) is -3.70. The van der Waals surface area contributed by atoms with Crippen LogP contribution in [0.25, 0.3) is 0 Å². The molecule has 0 unspecified atom stereocenters. The normalized spacial score (nSPS) is 15.9. The number of hydrogen-bond acceptors (Lipinski definition) is 7. The van der Waals surface area contributed by atoms with Crippen molar-refractivity contribution in [1.29, 1.82) is 0 Å². The quantitative estimate of drug-likeness (QED) is 0.527. The molecule has 0 aliphatic carbocycles. The number of piperazine rings is 1. The van der Waals surface area contributed by atoms with E-state index in [0.717, 1.165) is 38.7 Å². The lowest BCUT2D eigenvalue weighted by molar-refractivity contribution is 0.254. The van der Waals surface area contributed by atoms with Crippen LogP contribution in [0.5, 0.6) is 0 Å². The highest BCUT2D eigenvalue weighted by molar-refractivity contribution is 7.89. The van der Waals surface area contributed by atoms with Gasteiger partial charge in [-0.1, -0.05) is 23.2 Å². The second-order valence-electron chi connectivity index (χ2n) is 6.05. The van der Waals surface area contributed by atoms with Crippen LogP contribution in [-0.2, 0) is 10.0 Å². The van der Waals surface area contributed by atoms with E-state index in [4.69, 9.17) is 23.2 Å². The van der Waals surface area contributed by atoms with E-state index in [1.54, 1.807) is 18.5 Å². The molecule has 1 N–H and O–H groups in total. The first-order valence-electron chi connectivity index (χ1n) is 8.52. The van der Waals surface area contributed by atoms with Gasteiger partial charge in [-0.2, -0.15) is 0 Å². The maximum absolute atomic E-state index is 12.3. The van der Waals surface area contributed by atoms with E-state index in [1.165, 1.54) is 12.1 Å². The second-order valence-corrected chi connectivity index (χ2v) is 8.53. The first kappa shape index (κ1) is 20.2. The van der Waals surface area contributed by atoms with Gasteiger partial charge in [0.2, 0.25) is 16.0 Å². The Morgan fingerprint density at radius 3 is 2.44 bits per heavy atom. The van der Waals surface area contributed by atoms with Gasteiger partial charge in [-0.15, -0.1) is 0 Å². The highest BCUT2D eigenvalue weighted by atomic mass is 35.5. The van der Waals surface area contributed by atoms with Gasteiger partial charge in [0.1, 0.15) is 10.0 Å². The van der Waals surface area contributed by atoms with E-state index >= 15 is 0 Å². The van der Waals surface area contributed by atoms with Crippen LogP contribution in [0, 0.1) is 0 Å². The summed E-state index contributed by atoms with van der Waals surface area (Å²) in [5.41, 5.74) is 0. The number of anilines is 1. The van der Waals surface area contributed by atoms with E-state index in [1.807, 2.05) is 0 Å². The van der Waals surface area contributed by atoms with Gasteiger partial charge in [-0.05, 0) is 31.2 Å². The number of hydrogen-bond donors (Lipinski definition) is 1. The van der Waals surface area contributed by atoms with Crippen molar-refractivity contribution in [2.24, 2.45) is 0 Å². The van der Waals surface area contributed by atoms with Gasteiger partial charge in [-0.25, -0.2) is 28.1 Å². The molecule has 1 fully saturated rings. The summed E-state index contributed by atoms with van der Waals surface area (Å²) < 4.78 is 27.2. The molecule has 11 heteroatoms. The Kier molecular flexibility index (Phi) is 6.83. The molecule has 0 atom stereocenters. The number of halogens is 2. The average Bonchev–Trinajstić information content (AvgIpc) is 2.66. The first-order chi connectivity index (χ1) is 13.0. The number of nitrogens with one attached hydrogen (secondary N) is 1. The van der Waals surface area contributed by atoms with Gasteiger partial charge >= 0.3 is 0 Å². The van der Waals surface area contributed by atoms with Crippen LogP contribution in [0.4, 0.5) is 5.95 Å². The molecule has 1 saturated heterocycles. The highest BCUT2D eigenvalue weighted by Gasteiger charge is 2.20. The van der Waals surface area contributed by atoms with Gasteiger partial charge in [0.25, 0.3) is 0 Å². The minimum Gasteiger partial charge on any atom is -0.338 e. The standard InChI is InChI=1S/C16H20Cl2N6O2S/c17-14-4-3-13(15(18)22-14)27(25,26)21-7-2-8-23-9-11-24(12-10-23)16-19-5-1-6-20-16/h1,3-6,21H,2,7-12H2. The molecule has 2 aromatic heterocycles.